The van der Waals surface area contributed by atoms with Crippen LogP contribution < -0.4 is 0 Å². The summed E-state index contributed by atoms with van der Waals surface area (Å²) in [6, 6.07) is 10.4. The van der Waals surface area contributed by atoms with Crippen molar-refractivity contribution >= 4 is 10.8 Å². The highest BCUT2D eigenvalue weighted by molar-refractivity contribution is 7.83. The van der Waals surface area contributed by atoms with E-state index < -0.39 is 22.7 Å². The highest BCUT2D eigenvalue weighted by Gasteiger charge is 2.35. The number of pyridine rings is 1. The maximum Gasteiger partial charge on any atom is 0.433 e. The molecule has 0 aliphatic carbocycles. The molecule has 2 aromatic heterocycles. The highest BCUT2D eigenvalue weighted by atomic mass is 32.2. The first-order chi connectivity index (χ1) is 12.8. The number of rotatable bonds is 6. The van der Waals surface area contributed by atoms with Crippen molar-refractivity contribution in [2.75, 3.05) is 0 Å². The summed E-state index contributed by atoms with van der Waals surface area (Å²) >= 11 is 0. The minimum atomic E-state index is -4.59. The van der Waals surface area contributed by atoms with Crippen LogP contribution >= 0.6 is 0 Å². The molecule has 0 amide bonds. The average molecular weight is 395 g/mol. The predicted molar refractivity (Wildman–Crippen MR) is 93.1 cm³/mol. The molecule has 5 nitrogen and oxygen atoms in total. The summed E-state index contributed by atoms with van der Waals surface area (Å²) < 4.78 is 56.3. The SMILES string of the molecule is Cc1ccccc1Cc1nc(CS(=O)Cc2cccnc2C(F)(F)F)no1. The average Bonchev–Trinajstić information content (AvgIpc) is 3.03. The van der Waals surface area contributed by atoms with E-state index >= 15 is 0 Å². The van der Waals surface area contributed by atoms with Crippen LogP contribution in [0.4, 0.5) is 13.2 Å². The van der Waals surface area contributed by atoms with Crippen molar-refractivity contribution in [2.45, 2.75) is 31.0 Å². The first-order valence-corrected chi connectivity index (χ1v) is 9.54. The van der Waals surface area contributed by atoms with E-state index in [1.54, 1.807) is 0 Å². The molecule has 0 spiro atoms. The smallest absolute Gasteiger partial charge is 0.339 e. The summed E-state index contributed by atoms with van der Waals surface area (Å²) in [5, 5.41) is 3.78. The maximum absolute atomic E-state index is 13.0. The number of nitrogens with zero attached hydrogens (tertiary/aromatic N) is 3. The lowest BCUT2D eigenvalue weighted by Gasteiger charge is -2.10. The second kappa shape index (κ2) is 7.99. The minimum Gasteiger partial charge on any atom is -0.339 e. The van der Waals surface area contributed by atoms with E-state index in [1.165, 1.54) is 12.1 Å². The Hall–Kier alpha value is -2.55. The molecule has 0 saturated heterocycles. The normalized spacial score (nSPS) is 12.9. The molecule has 142 valence electrons. The number of hydrogen-bond donors (Lipinski definition) is 0. The molecule has 0 aliphatic heterocycles. The lowest BCUT2D eigenvalue weighted by Crippen LogP contribution is -2.13. The summed E-state index contributed by atoms with van der Waals surface area (Å²) in [5.74, 6) is 0.191. The second-order valence-electron chi connectivity index (χ2n) is 5.94. The molecule has 0 radical (unpaired) electrons. The maximum atomic E-state index is 13.0. The number of alkyl halides is 3. The van der Waals surface area contributed by atoms with Gasteiger partial charge in [-0.3, -0.25) is 9.19 Å². The fraction of sp³-hybridized carbons (Fsp3) is 0.278. The molecule has 1 unspecified atom stereocenters. The largest absolute Gasteiger partial charge is 0.433 e. The second-order valence-corrected chi connectivity index (χ2v) is 7.40. The first kappa shape index (κ1) is 19.2. The molecule has 0 N–H and O–H groups in total. The van der Waals surface area contributed by atoms with Crippen LogP contribution in [-0.2, 0) is 34.9 Å². The Kier molecular flexibility index (Phi) is 5.69. The first-order valence-electron chi connectivity index (χ1n) is 8.05. The molecule has 9 heteroatoms. The predicted octanol–water partition coefficient (Wildman–Crippen LogP) is 3.83. The van der Waals surface area contributed by atoms with Gasteiger partial charge in [0.05, 0.1) is 17.9 Å². The van der Waals surface area contributed by atoms with Crippen LogP contribution in [0.1, 0.15) is 34.1 Å². The monoisotopic (exact) mass is 395 g/mol. The Balaban J connectivity index is 1.66. The van der Waals surface area contributed by atoms with Gasteiger partial charge < -0.3 is 4.52 Å². The number of aromatic nitrogens is 3. The van der Waals surface area contributed by atoms with Crippen LogP contribution in [0.25, 0.3) is 0 Å². The third-order valence-corrected chi connectivity index (χ3v) is 5.09. The van der Waals surface area contributed by atoms with Gasteiger partial charge in [0.1, 0.15) is 5.69 Å². The number of benzene rings is 1. The van der Waals surface area contributed by atoms with Crippen molar-refractivity contribution in [3.63, 3.8) is 0 Å². The van der Waals surface area contributed by atoms with Crippen LogP contribution in [0.3, 0.4) is 0 Å². The van der Waals surface area contributed by atoms with Gasteiger partial charge >= 0.3 is 6.18 Å². The Morgan fingerprint density at radius 3 is 2.56 bits per heavy atom. The molecule has 2 heterocycles. The van der Waals surface area contributed by atoms with E-state index in [1.807, 2.05) is 31.2 Å². The minimum absolute atomic E-state index is 0.0938. The Bertz CT molecular complexity index is 957. The highest BCUT2D eigenvalue weighted by Crippen LogP contribution is 2.30. The topological polar surface area (TPSA) is 68.9 Å². The van der Waals surface area contributed by atoms with Crippen LogP contribution in [0.2, 0.25) is 0 Å². The number of aryl methyl sites for hydroxylation is 1. The fourth-order valence-corrected chi connectivity index (χ4v) is 3.66. The van der Waals surface area contributed by atoms with Gasteiger partial charge in [-0.2, -0.15) is 18.2 Å². The van der Waals surface area contributed by atoms with Crippen molar-refractivity contribution < 1.29 is 21.9 Å². The van der Waals surface area contributed by atoms with E-state index in [0.29, 0.717) is 12.3 Å². The summed E-state index contributed by atoms with van der Waals surface area (Å²) in [4.78, 5) is 7.55. The Morgan fingerprint density at radius 2 is 1.81 bits per heavy atom. The van der Waals surface area contributed by atoms with Crippen molar-refractivity contribution in [1.82, 2.24) is 15.1 Å². The van der Waals surface area contributed by atoms with Gasteiger partial charge in [0, 0.05) is 17.0 Å². The van der Waals surface area contributed by atoms with E-state index in [4.69, 9.17) is 4.52 Å². The van der Waals surface area contributed by atoms with Crippen LogP contribution in [0.5, 0.6) is 0 Å². The van der Waals surface area contributed by atoms with E-state index in [-0.39, 0.29) is 22.9 Å². The zero-order chi connectivity index (χ0) is 19.4. The van der Waals surface area contributed by atoms with E-state index in [0.717, 1.165) is 17.3 Å². The molecule has 3 aromatic rings. The molecule has 0 aliphatic rings. The molecule has 0 bridgehead atoms. The van der Waals surface area contributed by atoms with Crippen molar-refractivity contribution in [2.24, 2.45) is 0 Å². The van der Waals surface area contributed by atoms with Gasteiger partial charge in [-0.05, 0) is 29.7 Å². The lowest BCUT2D eigenvalue weighted by molar-refractivity contribution is -0.141. The van der Waals surface area contributed by atoms with Gasteiger partial charge in [0.15, 0.2) is 5.82 Å². The van der Waals surface area contributed by atoms with Gasteiger partial charge in [0.2, 0.25) is 5.89 Å². The third-order valence-electron chi connectivity index (χ3n) is 3.88. The Morgan fingerprint density at radius 1 is 1.07 bits per heavy atom. The standard InChI is InChI=1S/C18H16F3N3O2S/c1-12-5-2-3-6-13(12)9-16-23-15(24-26-16)11-27(25)10-14-7-4-8-22-17(14)18(19,20)21/h2-8H,9-11H2,1H3. The molecule has 27 heavy (non-hydrogen) atoms. The lowest BCUT2D eigenvalue weighted by atomic mass is 10.1. The molecule has 0 saturated carbocycles. The van der Waals surface area contributed by atoms with Crippen LogP contribution in [-0.4, -0.2) is 19.3 Å². The van der Waals surface area contributed by atoms with Gasteiger partial charge in [0.25, 0.3) is 0 Å². The van der Waals surface area contributed by atoms with E-state index in [9.17, 15) is 17.4 Å². The third kappa shape index (κ3) is 5.00. The molecule has 1 atom stereocenters. The van der Waals surface area contributed by atoms with Crippen LogP contribution in [0, 0.1) is 6.92 Å². The van der Waals surface area contributed by atoms with Crippen molar-refractivity contribution in [1.29, 1.82) is 0 Å². The summed E-state index contributed by atoms with van der Waals surface area (Å²) in [6.07, 6.45) is -3.09. The van der Waals surface area contributed by atoms with Crippen LogP contribution in [0.15, 0.2) is 47.1 Å². The molecule has 1 aromatic carbocycles. The summed E-state index contributed by atoms with van der Waals surface area (Å²) in [5.41, 5.74) is 0.967. The van der Waals surface area contributed by atoms with Crippen molar-refractivity contribution in [3.05, 3.63) is 76.7 Å². The molecule has 0 fully saturated rings. The molecular weight excluding hydrogens is 379 g/mol. The summed E-state index contributed by atoms with van der Waals surface area (Å²) in [7, 11) is -1.63. The zero-order valence-electron chi connectivity index (χ0n) is 14.4. The van der Waals surface area contributed by atoms with Gasteiger partial charge in [-0.25, -0.2) is 0 Å². The Labute approximate surface area is 156 Å². The van der Waals surface area contributed by atoms with Crippen molar-refractivity contribution in [3.8, 4) is 0 Å². The van der Waals surface area contributed by atoms with Gasteiger partial charge in [-0.15, -0.1) is 0 Å². The van der Waals surface area contributed by atoms with E-state index in [2.05, 4.69) is 15.1 Å². The molecular formula is C18H16F3N3O2S. The zero-order valence-corrected chi connectivity index (χ0v) is 15.2. The van der Waals surface area contributed by atoms with Gasteiger partial charge in [-0.1, -0.05) is 35.5 Å². The fourth-order valence-electron chi connectivity index (χ4n) is 2.57. The number of halogens is 3. The molecule has 3 rings (SSSR count). The quantitative estimate of drug-likeness (QED) is 0.635. The summed E-state index contributed by atoms with van der Waals surface area (Å²) in [6.45, 7) is 1.97. The number of hydrogen-bond acceptors (Lipinski definition) is 5.